The van der Waals surface area contributed by atoms with E-state index in [1.54, 1.807) is 31.4 Å². The van der Waals surface area contributed by atoms with Crippen LogP contribution in [-0.2, 0) is 0 Å². The largest absolute Gasteiger partial charge is 0.496 e. The summed E-state index contributed by atoms with van der Waals surface area (Å²) in [4.78, 5) is 14.4. The molecule has 0 spiro atoms. The summed E-state index contributed by atoms with van der Waals surface area (Å²) in [7, 11) is 5.57. The molecule has 2 aromatic carbocycles. The molecule has 2 rings (SSSR count). The quantitative estimate of drug-likeness (QED) is 0.887. The summed E-state index contributed by atoms with van der Waals surface area (Å²) in [5.41, 5.74) is 2.09. The van der Waals surface area contributed by atoms with E-state index in [1.165, 1.54) is 0 Å². The fourth-order valence-corrected chi connectivity index (χ4v) is 2.50. The molecule has 2 aromatic rings. The maximum absolute atomic E-state index is 12.3. The second-order valence-corrected chi connectivity index (χ2v) is 5.62. The number of nitrogens with one attached hydrogen (secondary N) is 1. The Labute approximate surface area is 142 Å². The molecule has 24 heavy (non-hydrogen) atoms. The van der Waals surface area contributed by atoms with Crippen LogP contribution in [0.5, 0.6) is 5.75 Å². The number of nitriles is 1. The van der Waals surface area contributed by atoms with Crippen LogP contribution in [0.4, 0.5) is 0 Å². The standard InChI is InChI=1S/C19H21N3O2/c1-22(2)17(16-6-4-5-7-18(16)24-3)13-21-19(23)15-10-8-14(12-20)9-11-15/h4-11,17H,13H2,1-3H3,(H,21,23)/t17-/m1/s1. The van der Waals surface area contributed by atoms with E-state index in [2.05, 4.69) is 5.32 Å². The first-order valence-corrected chi connectivity index (χ1v) is 7.64. The van der Waals surface area contributed by atoms with Gasteiger partial charge in [-0.25, -0.2) is 0 Å². The van der Waals surface area contributed by atoms with Crippen LogP contribution in [0.15, 0.2) is 48.5 Å². The van der Waals surface area contributed by atoms with E-state index < -0.39 is 0 Å². The number of hydrogen-bond acceptors (Lipinski definition) is 4. The van der Waals surface area contributed by atoms with Crippen LogP contribution in [-0.4, -0.2) is 38.6 Å². The number of carbonyl (C=O) groups is 1. The molecule has 5 nitrogen and oxygen atoms in total. The van der Waals surface area contributed by atoms with E-state index in [9.17, 15) is 4.79 Å². The third kappa shape index (κ3) is 4.12. The SMILES string of the molecule is COc1ccccc1[C@@H](CNC(=O)c1ccc(C#N)cc1)N(C)C. The second-order valence-electron chi connectivity index (χ2n) is 5.62. The summed E-state index contributed by atoms with van der Waals surface area (Å²) < 4.78 is 5.42. The molecule has 1 atom stereocenters. The van der Waals surface area contributed by atoms with Crippen molar-refractivity contribution in [1.82, 2.24) is 10.2 Å². The third-order valence-corrected chi connectivity index (χ3v) is 3.85. The van der Waals surface area contributed by atoms with Gasteiger partial charge < -0.3 is 15.0 Å². The minimum absolute atomic E-state index is 0.0107. The lowest BCUT2D eigenvalue weighted by molar-refractivity contribution is 0.0941. The van der Waals surface area contributed by atoms with E-state index in [0.717, 1.165) is 11.3 Å². The Morgan fingerprint density at radius 1 is 1.21 bits per heavy atom. The molecule has 0 bridgehead atoms. The van der Waals surface area contributed by atoms with Crippen molar-refractivity contribution in [2.45, 2.75) is 6.04 Å². The molecule has 0 saturated heterocycles. The van der Waals surface area contributed by atoms with Gasteiger partial charge in [0.05, 0.1) is 24.8 Å². The Bertz CT molecular complexity index is 733. The number of methoxy groups -OCH3 is 1. The van der Waals surface area contributed by atoms with Crippen molar-refractivity contribution < 1.29 is 9.53 Å². The molecule has 0 radical (unpaired) electrons. The van der Waals surface area contributed by atoms with E-state index in [4.69, 9.17) is 10.00 Å². The Morgan fingerprint density at radius 2 is 1.88 bits per heavy atom. The number of benzene rings is 2. The average molecular weight is 323 g/mol. The van der Waals surface area contributed by atoms with Gasteiger partial charge in [0.25, 0.3) is 5.91 Å². The molecule has 0 saturated carbocycles. The Hall–Kier alpha value is -2.84. The maximum Gasteiger partial charge on any atom is 0.251 e. The zero-order chi connectivity index (χ0) is 17.5. The topological polar surface area (TPSA) is 65.4 Å². The molecule has 0 aliphatic heterocycles. The lowest BCUT2D eigenvalue weighted by Gasteiger charge is -2.26. The zero-order valence-electron chi connectivity index (χ0n) is 14.1. The highest BCUT2D eigenvalue weighted by atomic mass is 16.5. The average Bonchev–Trinajstić information content (AvgIpc) is 2.62. The Morgan fingerprint density at radius 3 is 2.46 bits per heavy atom. The van der Waals surface area contributed by atoms with Crippen molar-refractivity contribution in [2.75, 3.05) is 27.7 Å². The lowest BCUT2D eigenvalue weighted by atomic mass is 10.0. The maximum atomic E-state index is 12.3. The number of para-hydroxylation sites is 1. The van der Waals surface area contributed by atoms with Gasteiger partial charge in [-0.15, -0.1) is 0 Å². The predicted molar refractivity (Wildman–Crippen MR) is 92.9 cm³/mol. The first-order chi connectivity index (χ1) is 11.6. The zero-order valence-corrected chi connectivity index (χ0v) is 14.1. The molecule has 5 heteroatoms. The molecule has 0 aliphatic carbocycles. The Kier molecular flexibility index (Phi) is 5.94. The monoisotopic (exact) mass is 323 g/mol. The molecule has 0 heterocycles. The van der Waals surface area contributed by atoms with Gasteiger partial charge in [0.2, 0.25) is 0 Å². The highest BCUT2D eigenvalue weighted by Gasteiger charge is 2.19. The number of ether oxygens (including phenoxy) is 1. The van der Waals surface area contributed by atoms with Crippen molar-refractivity contribution in [1.29, 1.82) is 5.26 Å². The van der Waals surface area contributed by atoms with Crippen molar-refractivity contribution >= 4 is 5.91 Å². The summed E-state index contributed by atoms with van der Waals surface area (Å²) in [6.07, 6.45) is 0. The van der Waals surface area contributed by atoms with E-state index in [0.29, 0.717) is 17.7 Å². The van der Waals surface area contributed by atoms with Gasteiger partial charge in [0.15, 0.2) is 0 Å². The molecule has 1 amide bonds. The minimum Gasteiger partial charge on any atom is -0.496 e. The van der Waals surface area contributed by atoms with Crippen LogP contribution in [0.1, 0.15) is 27.5 Å². The summed E-state index contributed by atoms with van der Waals surface area (Å²) in [5.74, 6) is 0.630. The van der Waals surface area contributed by atoms with Crippen LogP contribution in [0.2, 0.25) is 0 Å². The minimum atomic E-state index is -0.166. The van der Waals surface area contributed by atoms with E-state index in [1.807, 2.05) is 49.3 Å². The summed E-state index contributed by atoms with van der Waals surface area (Å²) in [6.45, 7) is 0.451. The first kappa shape index (κ1) is 17.5. The lowest BCUT2D eigenvalue weighted by Crippen LogP contribution is -2.34. The molecule has 1 N–H and O–H groups in total. The number of likely N-dealkylation sites (N-methyl/N-ethyl adjacent to an activating group) is 1. The van der Waals surface area contributed by atoms with Crippen molar-refractivity contribution in [3.05, 3.63) is 65.2 Å². The van der Waals surface area contributed by atoms with Crippen LogP contribution in [0, 0.1) is 11.3 Å². The van der Waals surface area contributed by atoms with Crippen molar-refractivity contribution in [3.8, 4) is 11.8 Å². The smallest absolute Gasteiger partial charge is 0.251 e. The molecular weight excluding hydrogens is 302 g/mol. The van der Waals surface area contributed by atoms with Gasteiger partial charge in [-0.3, -0.25) is 4.79 Å². The van der Waals surface area contributed by atoms with Crippen molar-refractivity contribution in [3.63, 3.8) is 0 Å². The fraction of sp³-hybridized carbons (Fsp3) is 0.263. The molecule has 0 unspecified atom stereocenters. The summed E-state index contributed by atoms with van der Waals surface area (Å²) >= 11 is 0. The molecule has 0 aliphatic rings. The third-order valence-electron chi connectivity index (χ3n) is 3.85. The molecule has 124 valence electrons. The van der Waals surface area contributed by atoms with Gasteiger partial charge in [-0.05, 0) is 44.4 Å². The molecular formula is C19H21N3O2. The van der Waals surface area contributed by atoms with Gasteiger partial charge in [-0.1, -0.05) is 18.2 Å². The summed E-state index contributed by atoms with van der Waals surface area (Å²) in [5, 5.41) is 11.8. The molecule has 0 aromatic heterocycles. The number of nitrogens with zero attached hydrogens (tertiary/aromatic N) is 2. The van der Waals surface area contributed by atoms with Crippen LogP contribution >= 0.6 is 0 Å². The van der Waals surface area contributed by atoms with Crippen LogP contribution in [0.3, 0.4) is 0 Å². The van der Waals surface area contributed by atoms with Gasteiger partial charge in [0.1, 0.15) is 5.75 Å². The highest BCUT2D eigenvalue weighted by Crippen LogP contribution is 2.27. The van der Waals surface area contributed by atoms with Gasteiger partial charge in [-0.2, -0.15) is 5.26 Å². The predicted octanol–water partition coefficient (Wildman–Crippen LogP) is 2.60. The summed E-state index contributed by atoms with van der Waals surface area (Å²) in [6, 6.07) is 16.4. The number of rotatable bonds is 6. The molecule has 0 fully saturated rings. The Balaban J connectivity index is 2.11. The number of amides is 1. The second kappa shape index (κ2) is 8.14. The fourth-order valence-electron chi connectivity index (χ4n) is 2.50. The van der Waals surface area contributed by atoms with E-state index in [-0.39, 0.29) is 11.9 Å². The van der Waals surface area contributed by atoms with Gasteiger partial charge >= 0.3 is 0 Å². The highest BCUT2D eigenvalue weighted by molar-refractivity contribution is 5.94. The number of carbonyl (C=O) groups excluding carboxylic acids is 1. The van der Waals surface area contributed by atoms with Crippen molar-refractivity contribution in [2.24, 2.45) is 0 Å². The van der Waals surface area contributed by atoms with E-state index >= 15 is 0 Å². The van der Waals surface area contributed by atoms with Gasteiger partial charge in [0, 0.05) is 17.7 Å². The van der Waals surface area contributed by atoms with Crippen LogP contribution < -0.4 is 10.1 Å². The van der Waals surface area contributed by atoms with Crippen LogP contribution in [0.25, 0.3) is 0 Å². The first-order valence-electron chi connectivity index (χ1n) is 7.64. The normalized spacial score (nSPS) is 11.6. The number of hydrogen-bond donors (Lipinski definition) is 1.